The number of hydrogen-bond acceptors (Lipinski definition) is 2. The number of carbonyl (C=O) groups is 1. The van der Waals surface area contributed by atoms with Crippen LogP contribution < -0.4 is 0 Å². The molecule has 1 aliphatic heterocycles. The third kappa shape index (κ3) is 3.51. The fourth-order valence-corrected chi connectivity index (χ4v) is 2.42. The van der Waals surface area contributed by atoms with E-state index in [1.807, 2.05) is 11.0 Å². The van der Waals surface area contributed by atoms with Gasteiger partial charge < -0.3 is 10.0 Å². The second kappa shape index (κ2) is 6.29. The summed E-state index contributed by atoms with van der Waals surface area (Å²) < 4.78 is 0. The van der Waals surface area contributed by atoms with Crippen LogP contribution in [0.2, 0.25) is 0 Å². The first-order chi connectivity index (χ1) is 9.20. The zero-order valence-corrected chi connectivity index (χ0v) is 11.1. The monoisotopic (exact) mass is 257 g/mol. The molecule has 0 spiro atoms. The highest BCUT2D eigenvalue weighted by Crippen LogP contribution is 2.23. The largest absolute Gasteiger partial charge is 0.508 e. The lowest BCUT2D eigenvalue weighted by molar-refractivity contribution is -0.132. The Labute approximate surface area is 114 Å². The number of amides is 1. The summed E-state index contributed by atoms with van der Waals surface area (Å²) in [5.41, 5.74) is 2.29. The van der Waals surface area contributed by atoms with Crippen LogP contribution in [-0.2, 0) is 17.8 Å². The average molecular weight is 257 g/mol. The normalized spacial score (nSPS) is 13.7. The van der Waals surface area contributed by atoms with Crippen LogP contribution in [0.1, 0.15) is 36.8 Å². The minimum Gasteiger partial charge on any atom is -0.508 e. The van der Waals surface area contributed by atoms with Gasteiger partial charge in [0.05, 0.1) is 0 Å². The highest BCUT2D eigenvalue weighted by atomic mass is 16.3. The number of unbranched alkanes of at least 4 members (excludes halogenated alkanes) is 2. The van der Waals surface area contributed by atoms with Crippen molar-refractivity contribution in [1.82, 2.24) is 4.90 Å². The Morgan fingerprint density at radius 1 is 1.37 bits per heavy atom. The molecule has 1 amide bonds. The molecule has 19 heavy (non-hydrogen) atoms. The number of rotatable bonds is 4. The molecule has 0 fully saturated rings. The minimum atomic E-state index is 0.186. The van der Waals surface area contributed by atoms with E-state index in [0.717, 1.165) is 37.8 Å². The van der Waals surface area contributed by atoms with Gasteiger partial charge in [0, 0.05) is 25.9 Å². The predicted molar refractivity (Wildman–Crippen MR) is 74.5 cm³/mol. The molecule has 1 aromatic carbocycles. The van der Waals surface area contributed by atoms with Crippen LogP contribution in [0, 0.1) is 12.3 Å². The Kier molecular flexibility index (Phi) is 4.46. The van der Waals surface area contributed by atoms with E-state index in [1.165, 1.54) is 5.56 Å². The summed E-state index contributed by atoms with van der Waals surface area (Å²) in [6, 6.07) is 5.41. The van der Waals surface area contributed by atoms with Crippen LogP contribution in [0.4, 0.5) is 0 Å². The third-order valence-corrected chi connectivity index (χ3v) is 3.52. The van der Waals surface area contributed by atoms with Gasteiger partial charge >= 0.3 is 0 Å². The first-order valence-corrected chi connectivity index (χ1v) is 6.72. The number of hydrogen-bond donors (Lipinski definition) is 1. The van der Waals surface area contributed by atoms with Gasteiger partial charge in [0.25, 0.3) is 0 Å². The van der Waals surface area contributed by atoms with Crippen LogP contribution >= 0.6 is 0 Å². The molecule has 3 nitrogen and oxygen atoms in total. The van der Waals surface area contributed by atoms with Crippen LogP contribution in [-0.4, -0.2) is 22.5 Å². The summed E-state index contributed by atoms with van der Waals surface area (Å²) in [6.45, 7) is 1.38. The molecule has 0 aliphatic carbocycles. The van der Waals surface area contributed by atoms with Crippen molar-refractivity contribution in [1.29, 1.82) is 0 Å². The molecule has 0 aromatic heterocycles. The van der Waals surface area contributed by atoms with E-state index >= 15 is 0 Å². The summed E-state index contributed by atoms with van der Waals surface area (Å²) in [6.07, 6.45) is 9.12. The Morgan fingerprint density at radius 3 is 3.00 bits per heavy atom. The average Bonchev–Trinajstić information content (AvgIpc) is 2.42. The molecule has 0 unspecified atom stereocenters. The summed E-state index contributed by atoms with van der Waals surface area (Å²) in [7, 11) is 0. The maximum absolute atomic E-state index is 12.1. The lowest BCUT2D eigenvalue weighted by Crippen LogP contribution is -2.35. The Hall–Kier alpha value is -1.95. The number of phenols is 1. The summed E-state index contributed by atoms with van der Waals surface area (Å²) in [5, 5.41) is 9.49. The summed E-state index contributed by atoms with van der Waals surface area (Å²) in [4.78, 5) is 13.9. The standard InChI is InChI=1S/C16H19NO2/c1-2-3-4-5-6-16(19)17-10-9-13-7-8-15(18)11-14(13)12-17/h1,7-8,11,18H,3-6,9-10,12H2. The van der Waals surface area contributed by atoms with E-state index in [9.17, 15) is 9.90 Å². The van der Waals surface area contributed by atoms with Gasteiger partial charge in [0.2, 0.25) is 5.91 Å². The van der Waals surface area contributed by atoms with Crippen molar-refractivity contribution in [2.45, 2.75) is 38.6 Å². The molecule has 0 radical (unpaired) electrons. The van der Waals surface area contributed by atoms with Crippen molar-refractivity contribution >= 4 is 5.91 Å². The lowest BCUT2D eigenvalue weighted by atomic mass is 9.99. The van der Waals surface area contributed by atoms with Crippen LogP contribution in [0.25, 0.3) is 0 Å². The van der Waals surface area contributed by atoms with Crippen LogP contribution in [0.5, 0.6) is 5.75 Å². The van der Waals surface area contributed by atoms with Crippen molar-refractivity contribution in [3.05, 3.63) is 29.3 Å². The molecule has 3 heteroatoms. The van der Waals surface area contributed by atoms with Gasteiger partial charge in [-0.25, -0.2) is 0 Å². The highest BCUT2D eigenvalue weighted by molar-refractivity contribution is 5.76. The molecule has 0 saturated heterocycles. The lowest BCUT2D eigenvalue weighted by Gasteiger charge is -2.29. The van der Waals surface area contributed by atoms with Gasteiger partial charge in [0.1, 0.15) is 5.75 Å². The number of benzene rings is 1. The zero-order valence-electron chi connectivity index (χ0n) is 11.1. The molecule has 1 aliphatic rings. The quantitative estimate of drug-likeness (QED) is 0.665. The zero-order chi connectivity index (χ0) is 13.7. The van der Waals surface area contributed by atoms with Gasteiger partial charge in [-0.3, -0.25) is 4.79 Å². The van der Waals surface area contributed by atoms with Gasteiger partial charge in [-0.05, 0) is 42.5 Å². The van der Waals surface area contributed by atoms with E-state index in [1.54, 1.807) is 12.1 Å². The fourth-order valence-electron chi connectivity index (χ4n) is 2.42. The topological polar surface area (TPSA) is 40.5 Å². The highest BCUT2D eigenvalue weighted by Gasteiger charge is 2.20. The first kappa shape index (κ1) is 13.5. The second-order valence-corrected chi connectivity index (χ2v) is 4.93. The molecule has 0 bridgehead atoms. The van der Waals surface area contributed by atoms with E-state index in [0.29, 0.717) is 13.0 Å². The number of fused-ring (bicyclic) bond motifs is 1. The maximum atomic E-state index is 12.1. The molecule has 2 rings (SSSR count). The Balaban J connectivity index is 1.90. The van der Waals surface area contributed by atoms with Crippen LogP contribution in [0.3, 0.4) is 0 Å². The van der Waals surface area contributed by atoms with Crippen molar-refractivity contribution in [2.75, 3.05) is 6.54 Å². The summed E-state index contributed by atoms with van der Waals surface area (Å²) >= 11 is 0. The third-order valence-electron chi connectivity index (χ3n) is 3.52. The van der Waals surface area contributed by atoms with E-state index in [-0.39, 0.29) is 11.7 Å². The van der Waals surface area contributed by atoms with Gasteiger partial charge in [-0.15, -0.1) is 12.3 Å². The van der Waals surface area contributed by atoms with E-state index in [2.05, 4.69) is 5.92 Å². The SMILES string of the molecule is C#CCCCCC(=O)N1CCc2ccc(O)cc2C1. The Bertz CT molecular complexity index is 502. The van der Waals surface area contributed by atoms with Gasteiger partial charge in [-0.1, -0.05) is 6.07 Å². The maximum Gasteiger partial charge on any atom is 0.222 e. The molecule has 1 aromatic rings. The second-order valence-electron chi connectivity index (χ2n) is 4.93. The molecule has 1 N–H and O–H groups in total. The smallest absolute Gasteiger partial charge is 0.222 e. The Morgan fingerprint density at radius 2 is 2.21 bits per heavy atom. The van der Waals surface area contributed by atoms with Crippen LogP contribution in [0.15, 0.2) is 18.2 Å². The molecular weight excluding hydrogens is 238 g/mol. The van der Waals surface area contributed by atoms with Crippen molar-refractivity contribution in [3.8, 4) is 18.1 Å². The van der Waals surface area contributed by atoms with Gasteiger partial charge in [-0.2, -0.15) is 0 Å². The number of terminal acetylenes is 1. The number of carbonyl (C=O) groups excluding carboxylic acids is 1. The molecule has 1 heterocycles. The first-order valence-electron chi connectivity index (χ1n) is 6.72. The minimum absolute atomic E-state index is 0.186. The predicted octanol–water partition coefficient (Wildman–Crippen LogP) is 2.47. The molecule has 100 valence electrons. The van der Waals surface area contributed by atoms with Crippen molar-refractivity contribution in [2.24, 2.45) is 0 Å². The number of phenolic OH excluding ortho intramolecular Hbond substituents is 1. The molecule has 0 atom stereocenters. The number of aromatic hydroxyl groups is 1. The van der Waals surface area contributed by atoms with E-state index < -0.39 is 0 Å². The van der Waals surface area contributed by atoms with Crippen molar-refractivity contribution in [3.63, 3.8) is 0 Å². The number of nitrogens with zero attached hydrogens (tertiary/aromatic N) is 1. The fraction of sp³-hybridized carbons (Fsp3) is 0.438. The van der Waals surface area contributed by atoms with Crippen molar-refractivity contribution < 1.29 is 9.90 Å². The van der Waals surface area contributed by atoms with Gasteiger partial charge in [0.15, 0.2) is 0 Å². The van der Waals surface area contributed by atoms with E-state index in [4.69, 9.17) is 6.42 Å². The summed E-state index contributed by atoms with van der Waals surface area (Å²) in [5.74, 6) is 3.04. The molecule has 0 saturated carbocycles. The molecular formula is C16H19NO2.